The molecule has 2 unspecified atom stereocenters. The second-order valence-corrected chi connectivity index (χ2v) is 8.92. The van der Waals surface area contributed by atoms with Crippen LogP contribution in [0.1, 0.15) is 37.0 Å². The van der Waals surface area contributed by atoms with Crippen molar-refractivity contribution in [2.75, 3.05) is 6.54 Å². The normalized spacial score (nSPS) is 28.5. The lowest BCUT2D eigenvalue weighted by Gasteiger charge is -2.36. The van der Waals surface area contributed by atoms with Crippen LogP contribution < -0.4 is 0 Å². The second-order valence-electron chi connectivity index (χ2n) is 5.37. The number of sulfonamides is 1. The van der Waals surface area contributed by atoms with Gasteiger partial charge in [-0.05, 0) is 43.7 Å². The lowest BCUT2D eigenvalue weighted by atomic mass is 9.94. The van der Waals surface area contributed by atoms with Gasteiger partial charge >= 0.3 is 0 Å². The maximum absolute atomic E-state index is 12.8. The molecule has 3 rings (SSSR count). The molecule has 1 aromatic rings. The summed E-state index contributed by atoms with van der Waals surface area (Å²) in [6, 6.07) is 3.76. The Hall–Kier alpha value is -0.100. The topological polar surface area (TPSA) is 37.4 Å². The zero-order valence-electron chi connectivity index (χ0n) is 10.7. The lowest BCUT2D eigenvalue weighted by Crippen LogP contribution is -2.45. The molecule has 0 aromatic carbocycles. The predicted molar refractivity (Wildman–Crippen MR) is 78.1 cm³/mol. The van der Waals surface area contributed by atoms with Crippen LogP contribution in [-0.2, 0) is 15.9 Å². The van der Waals surface area contributed by atoms with Crippen molar-refractivity contribution in [2.45, 2.75) is 48.2 Å². The molecular formula is C13H18ClNO2S2. The molecule has 19 heavy (non-hydrogen) atoms. The minimum absolute atomic E-state index is 0.236. The number of hydrogen-bond donors (Lipinski definition) is 0. The van der Waals surface area contributed by atoms with Crippen LogP contribution in [0, 0.1) is 5.92 Å². The maximum Gasteiger partial charge on any atom is 0.252 e. The average Bonchev–Trinajstić information content (AvgIpc) is 3.06. The molecule has 1 saturated heterocycles. The van der Waals surface area contributed by atoms with E-state index in [1.54, 1.807) is 10.4 Å². The summed E-state index contributed by atoms with van der Waals surface area (Å²) in [4.78, 5) is 0.917. The van der Waals surface area contributed by atoms with Gasteiger partial charge in [0.25, 0.3) is 10.0 Å². The summed E-state index contributed by atoms with van der Waals surface area (Å²) in [6.45, 7) is 0.678. The Balaban J connectivity index is 1.90. The highest BCUT2D eigenvalue weighted by atomic mass is 35.5. The Morgan fingerprint density at radius 2 is 2.05 bits per heavy atom. The van der Waals surface area contributed by atoms with E-state index in [0.29, 0.717) is 22.6 Å². The van der Waals surface area contributed by atoms with E-state index < -0.39 is 10.0 Å². The summed E-state index contributed by atoms with van der Waals surface area (Å²) in [6.07, 6.45) is 5.56. The van der Waals surface area contributed by atoms with Gasteiger partial charge < -0.3 is 0 Å². The van der Waals surface area contributed by atoms with Crippen molar-refractivity contribution in [1.82, 2.24) is 4.31 Å². The van der Waals surface area contributed by atoms with Gasteiger partial charge in [0.1, 0.15) is 4.21 Å². The monoisotopic (exact) mass is 319 g/mol. The summed E-state index contributed by atoms with van der Waals surface area (Å²) >= 11 is 7.07. The second kappa shape index (κ2) is 5.35. The molecule has 3 nitrogen and oxygen atoms in total. The van der Waals surface area contributed by atoms with Crippen LogP contribution >= 0.6 is 22.9 Å². The minimum Gasteiger partial charge on any atom is -0.206 e. The van der Waals surface area contributed by atoms with Gasteiger partial charge in [0.2, 0.25) is 0 Å². The number of rotatable bonds is 3. The summed E-state index contributed by atoms with van der Waals surface area (Å²) < 4.78 is 27.7. The first-order valence-electron chi connectivity index (χ1n) is 6.79. The summed E-state index contributed by atoms with van der Waals surface area (Å²) in [7, 11) is -3.31. The molecule has 0 N–H and O–H groups in total. The molecule has 1 aliphatic carbocycles. The Labute approximate surface area is 123 Å². The number of nitrogens with zero attached hydrogens (tertiary/aromatic N) is 1. The van der Waals surface area contributed by atoms with E-state index in [-0.39, 0.29) is 6.04 Å². The largest absolute Gasteiger partial charge is 0.252 e. The molecule has 0 spiro atoms. The summed E-state index contributed by atoms with van der Waals surface area (Å²) in [5, 5.41) is 0. The Kier molecular flexibility index (Phi) is 3.91. The Bertz CT molecular complexity index is 555. The number of piperidine rings is 1. The lowest BCUT2D eigenvalue weighted by molar-refractivity contribution is 0.202. The first kappa shape index (κ1) is 13.9. The molecule has 1 aliphatic heterocycles. The highest BCUT2D eigenvalue weighted by Gasteiger charge is 2.41. The van der Waals surface area contributed by atoms with Gasteiger partial charge in [0.15, 0.2) is 0 Å². The molecule has 0 amide bonds. The number of thiophene rings is 1. The van der Waals surface area contributed by atoms with E-state index in [1.165, 1.54) is 30.6 Å². The van der Waals surface area contributed by atoms with Crippen LogP contribution in [0.5, 0.6) is 0 Å². The van der Waals surface area contributed by atoms with Crippen LogP contribution in [0.25, 0.3) is 0 Å². The van der Waals surface area contributed by atoms with Crippen molar-refractivity contribution in [3.8, 4) is 0 Å². The smallest absolute Gasteiger partial charge is 0.206 e. The van der Waals surface area contributed by atoms with Crippen LogP contribution in [0.4, 0.5) is 0 Å². The zero-order chi connectivity index (χ0) is 13.5. The molecule has 0 radical (unpaired) electrons. The van der Waals surface area contributed by atoms with Crippen LogP contribution in [0.3, 0.4) is 0 Å². The van der Waals surface area contributed by atoms with Crippen molar-refractivity contribution in [2.24, 2.45) is 5.92 Å². The van der Waals surface area contributed by atoms with Crippen molar-refractivity contribution < 1.29 is 8.42 Å². The highest BCUT2D eigenvalue weighted by Crippen LogP contribution is 2.40. The minimum atomic E-state index is -3.31. The van der Waals surface area contributed by atoms with Crippen molar-refractivity contribution in [3.05, 3.63) is 17.0 Å². The van der Waals surface area contributed by atoms with Crippen LogP contribution in [-0.4, -0.2) is 25.3 Å². The first-order valence-corrected chi connectivity index (χ1v) is 9.58. The molecule has 6 heteroatoms. The molecule has 2 fully saturated rings. The zero-order valence-corrected chi connectivity index (χ0v) is 13.1. The molecule has 0 bridgehead atoms. The molecule has 1 saturated carbocycles. The number of fused-ring (bicyclic) bond motifs is 1. The standard InChI is InChI=1S/C13H18ClNO2S2/c14-9-11-6-7-13(18-11)19(16,17)15-8-2-4-10-3-1-5-12(10)15/h6-7,10,12H,1-5,8-9H2. The SMILES string of the molecule is O=S(=O)(c1ccc(CCl)s1)N1CCCC2CCCC21. The Morgan fingerprint density at radius 3 is 2.79 bits per heavy atom. The quantitative estimate of drug-likeness (QED) is 0.800. The molecule has 2 atom stereocenters. The van der Waals surface area contributed by atoms with Crippen LogP contribution in [0.2, 0.25) is 0 Å². The first-order chi connectivity index (χ1) is 9.13. The van der Waals surface area contributed by atoms with Crippen molar-refractivity contribution >= 4 is 33.0 Å². The Morgan fingerprint density at radius 1 is 1.26 bits per heavy atom. The molecular weight excluding hydrogens is 302 g/mol. The van der Waals surface area contributed by atoms with E-state index in [1.807, 2.05) is 6.07 Å². The van der Waals surface area contributed by atoms with Crippen LogP contribution in [0.15, 0.2) is 16.3 Å². The van der Waals surface area contributed by atoms with E-state index in [9.17, 15) is 8.42 Å². The molecule has 2 aliphatic rings. The van der Waals surface area contributed by atoms with Gasteiger partial charge in [-0.15, -0.1) is 22.9 Å². The predicted octanol–water partition coefficient (Wildman–Crippen LogP) is 3.44. The van der Waals surface area contributed by atoms with Gasteiger partial charge in [-0.1, -0.05) is 6.42 Å². The molecule has 106 valence electrons. The van der Waals surface area contributed by atoms with Crippen molar-refractivity contribution in [3.63, 3.8) is 0 Å². The fourth-order valence-electron chi connectivity index (χ4n) is 3.39. The molecule has 1 aromatic heterocycles. The fraction of sp³-hybridized carbons (Fsp3) is 0.692. The maximum atomic E-state index is 12.8. The summed E-state index contributed by atoms with van der Waals surface area (Å²) in [5.41, 5.74) is 0. The highest BCUT2D eigenvalue weighted by molar-refractivity contribution is 7.91. The van der Waals surface area contributed by atoms with Gasteiger partial charge in [-0.2, -0.15) is 4.31 Å². The van der Waals surface area contributed by atoms with Crippen molar-refractivity contribution in [1.29, 1.82) is 0 Å². The third kappa shape index (κ3) is 2.46. The van der Waals surface area contributed by atoms with Gasteiger partial charge in [0, 0.05) is 17.5 Å². The van der Waals surface area contributed by atoms with E-state index in [4.69, 9.17) is 11.6 Å². The van der Waals surface area contributed by atoms with Gasteiger partial charge in [0.05, 0.1) is 5.88 Å². The van der Waals surface area contributed by atoms with Gasteiger partial charge in [-0.3, -0.25) is 0 Å². The molecule has 2 heterocycles. The average molecular weight is 320 g/mol. The summed E-state index contributed by atoms with van der Waals surface area (Å²) in [5.74, 6) is 0.961. The number of halogens is 1. The number of hydrogen-bond acceptors (Lipinski definition) is 3. The van der Waals surface area contributed by atoms with E-state index in [2.05, 4.69) is 0 Å². The van der Waals surface area contributed by atoms with E-state index >= 15 is 0 Å². The fourth-order valence-corrected chi connectivity index (χ4v) is 6.73. The van der Waals surface area contributed by atoms with Gasteiger partial charge in [-0.25, -0.2) is 8.42 Å². The van der Waals surface area contributed by atoms with E-state index in [0.717, 1.165) is 17.7 Å². The number of alkyl halides is 1. The third-order valence-corrected chi connectivity index (χ3v) is 8.20. The third-order valence-electron chi connectivity index (χ3n) is 4.27.